The van der Waals surface area contributed by atoms with Gasteiger partial charge in [0.05, 0.1) is 22.8 Å². The summed E-state index contributed by atoms with van der Waals surface area (Å²) >= 11 is 6.00. The monoisotopic (exact) mass is 460 g/mol. The zero-order valence-corrected chi connectivity index (χ0v) is 19.7. The third kappa shape index (κ3) is 4.22. The molecule has 2 aromatic carbocycles. The highest BCUT2D eigenvalue weighted by Crippen LogP contribution is 2.33. The quantitative estimate of drug-likeness (QED) is 0.187. The Balaban J connectivity index is 1.89. The Morgan fingerprint density at radius 1 is 1.15 bits per heavy atom. The van der Waals surface area contributed by atoms with Crippen molar-refractivity contribution in [3.63, 3.8) is 0 Å². The maximum absolute atomic E-state index is 13.3. The SMILES string of the molecule is Cc1cc([C@@H](C)Nc2ccc(Cl)nc2C)c2oc(-c3ccc(C=N)c(N)c3)c(C)c(=O)c2c1. The van der Waals surface area contributed by atoms with Crippen LogP contribution < -0.4 is 16.5 Å². The van der Waals surface area contributed by atoms with Gasteiger partial charge in [-0.05, 0) is 57.5 Å². The van der Waals surface area contributed by atoms with Gasteiger partial charge in [-0.15, -0.1) is 0 Å². The summed E-state index contributed by atoms with van der Waals surface area (Å²) in [6.07, 6.45) is 1.20. The Bertz CT molecular complexity index is 1460. The van der Waals surface area contributed by atoms with E-state index in [1.165, 1.54) is 6.21 Å². The lowest BCUT2D eigenvalue weighted by Crippen LogP contribution is -2.13. The largest absolute Gasteiger partial charge is 0.455 e. The van der Waals surface area contributed by atoms with Gasteiger partial charge in [0.2, 0.25) is 0 Å². The van der Waals surface area contributed by atoms with E-state index in [9.17, 15) is 4.79 Å². The Morgan fingerprint density at radius 2 is 1.91 bits per heavy atom. The first-order valence-corrected chi connectivity index (χ1v) is 11.0. The van der Waals surface area contributed by atoms with Crippen LogP contribution in [0.1, 0.15) is 40.9 Å². The van der Waals surface area contributed by atoms with E-state index in [0.717, 1.165) is 22.5 Å². The van der Waals surface area contributed by atoms with Gasteiger partial charge in [-0.25, -0.2) is 4.98 Å². The van der Waals surface area contributed by atoms with Gasteiger partial charge in [-0.3, -0.25) is 4.79 Å². The summed E-state index contributed by atoms with van der Waals surface area (Å²) in [5, 5.41) is 11.9. The zero-order valence-electron chi connectivity index (χ0n) is 18.9. The second-order valence-electron chi connectivity index (χ2n) is 8.24. The zero-order chi connectivity index (χ0) is 23.9. The number of rotatable bonds is 5. The van der Waals surface area contributed by atoms with Crippen LogP contribution in [0.5, 0.6) is 0 Å². The number of fused-ring (bicyclic) bond motifs is 1. The minimum absolute atomic E-state index is 0.0811. The van der Waals surface area contributed by atoms with Crippen LogP contribution in [0.3, 0.4) is 0 Å². The van der Waals surface area contributed by atoms with Crippen molar-refractivity contribution in [2.45, 2.75) is 33.7 Å². The Hall–Kier alpha value is -3.64. The van der Waals surface area contributed by atoms with E-state index in [2.05, 4.69) is 10.3 Å². The Labute approximate surface area is 196 Å². The summed E-state index contributed by atoms with van der Waals surface area (Å²) in [4.78, 5) is 17.6. The number of halogens is 1. The minimum atomic E-state index is -0.168. The number of nitrogen functional groups attached to an aromatic ring is 1. The van der Waals surface area contributed by atoms with Gasteiger partial charge in [0.1, 0.15) is 16.5 Å². The molecule has 0 saturated carbocycles. The molecule has 0 fully saturated rings. The number of hydrogen-bond donors (Lipinski definition) is 3. The first-order valence-electron chi connectivity index (χ1n) is 10.6. The average molecular weight is 461 g/mol. The number of aryl methyl sites for hydroxylation is 2. The van der Waals surface area contributed by atoms with E-state index in [1.54, 1.807) is 25.1 Å². The highest BCUT2D eigenvalue weighted by molar-refractivity contribution is 6.29. The molecule has 4 N–H and O–H groups in total. The number of anilines is 2. The number of nitrogens with zero attached hydrogens (tertiary/aromatic N) is 1. The van der Waals surface area contributed by atoms with Gasteiger partial charge in [0.15, 0.2) is 5.43 Å². The summed E-state index contributed by atoms with van der Waals surface area (Å²) in [5.74, 6) is 0.470. The van der Waals surface area contributed by atoms with Crippen LogP contribution in [0.25, 0.3) is 22.3 Å². The molecule has 0 aliphatic carbocycles. The topological polar surface area (TPSA) is 105 Å². The second kappa shape index (κ2) is 8.71. The maximum Gasteiger partial charge on any atom is 0.196 e. The van der Waals surface area contributed by atoms with Crippen LogP contribution >= 0.6 is 11.6 Å². The van der Waals surface area contributed by atoms with Gasteiger partial charge in [-0.2, -0.15) is 0 Å². The number of pyridine rings is 1. The van der Waals surface area contributed by atoms with Crippen molar-refractivity contribution in [2.75, 3.05) is 11.1 Å². The number of aromatic nitrogens is 1. The van der Waals surface area contributed by atoms with Crippen molar-refractivity contribution in [1.29, 1.82) is 5.41 Å². The number of hydrogen-bond acceptors (Lipinski definition) is 6. The average Bonchev–Trinajstić information content (AvgIpc) is 2.77. The normalized spacial score (nSPS) is 12.0. The molecule has 0 bridgehead atoms. The molecule has 2 aromatic heterocycles. The molecule has 0 unspecified atom stereocenters. The fourth-order valence-corrected chi connectivity index (χ4v) is 4.20. The minimum Gasteiger partial charge on any atom is -0.455 e. The lowest BCUT2D eigenvalue weighted by molar-refractivity contribution is 0.605. The van der Waals surface area contributed by atoms with Crippen molar-refractivity contribution in [3.05, 3.63) is 85.8 Å². The van der Waals surface area contributed by atoms with Crippen LogP contribution in [0.4, 0.5) is 11.4 Å². The van der Waals surface area contributed by atoms with Crippen LogP contribution in [0, 0.1) is 26.2 Å². The molecule has 0 aliphatic heterocycles. The summed E-state index contributed by atoms with van der Waals surface area (Å²) in [6, 6.07) is 12.6. The number of nitrogens with one attached hydrogen (secondary N) is 2. The molecule has 4 rings (SSSR count). The van der Waals surface area contributed by atoms with Crippen molar-refractivity contribution in [1.82, 2.24) is 4.98 Å². The van der Waals surface area contributed by atoms with Crippen molar-refractivity contribution in [2.24, 2.45) is 0 Å². The van der Waals surface area contributed by atoms with Gasteiger partial charge < -0.3 is 20.9 Å². The van der Waals surface area contributed by atoms with Crippen molar-refractivity contribution >= 4 is 40.2 Å². The van der Waals surface area contributed by atoms with Gasteiger partial charge in [-0.1, -0.05) is 29.8 Å². The lowest BCUT2D eigenvalue weighted by atomic mass is 9.98. The van der Waals surface area contributed by atoms with Crippen LogP contribution in [-0.2, 0) is 0 Å². The molecule has 7 heteroatoms. The Morgan fingerprint density at radius 3 is 2.58 bits per heavy atom. The molecule has 2 heterocycles. The standard InChI is InChI=1S/C26H25ClN4O2/c1-13-9-19(15(3)30-22-7-8-23(27)31-16(22)4)26-20(10-13)24(32)14(2)25(33-26)17-5-6-18(12-28)21(29)11-17/h5-12,15,28,30H,29H2,1-4H3/t15-/m1/s1. The molecule has 4 aromatic rings. The molecule has 6 nitrogen and oxygen atoms in total. The molecule has 33 heavy (non-hydrogen) atoms. The fraction of sp³-hybridized carbons (Fsp3) is 0.192. The summed E-state index contributed by atoms with van der Waals surface area (Å²) in [6.45, 7) is 7.62. The smallest absolute Gasteiger partial charge is 0.196 e. The number of nitrogens with two attached hydrogens (primary N) is 1. The van der Waals surface area contributed by atoms with Crippen LogP contribution in [0.2, 0.25) is 5.15 Å². The third-order valence-electron chi connectivity index (χ3n) is 5.79. The van der Waals surface area contributed by atoms with Gasteiger partial charge in [0.25, 0.3) is 0 Å². The maximum atomic E-state index is 13.3. The van der Waals surface area contributed by atoms with E-state index in [4.69, 9.17) is 27.2 Å². The van der Waals surface area contributed by atoms with Gasteiger partial charge >= 0.3 is 0 Å². The third-order valence-corrected chi connectivity index (χ3v) is 6.00. The predicted molar refractivity (Wildman–Crippen MR) is 136 cm³/mol. The van der Waals surface area contributed by atoms with Crippen LogP contribution in [0.15, 0.2) is 51.7 Å². The molecule has 0 aliphatic rings. The molecule has 1 atom stereocenters. The van der Waals surface area contributed by atoms with E-state index in [-0.39, 0.29) is 11.5 Å². The molecule has 0 amide bonds. The fourth-order valence-electron chi connectivity index (χ4n) is 4.01. The molecular weight excluding hydrogens is 436 g/mol. The molecular formula is C26H25ClN4O2. The lowest BCUT2D eigenvalue weighted by Gasteiger charge is -2.20. The highest BCUT2D eigenvalue weighted by atomic mass is 35.5. The van der Waals surface area contributed by atoms with E-state index in [0.29, 0.717) is 44.3 Å². The summed E-state index contributed by atoms with van der Waals surface area (Å²) in [5.41, 5.74) is 12.3. The number of benzene rings is 2. The summed E-state index contributed by atoms with van der Waals surface area (Å²) in [7, 11) is 0. The molecule has 168 valence electrons. The van der Waals surface area contributed by atoms with E-state index in [1.807, 2.05) is 45.0 Å². The molecule has 0 radical (unpaired) electrons. The van der Waals surface area contributed by atoms with Crippen molar-refractivity contribution < 1.29 is 4.42 Å². The van der Waals surface area contributed by atoms with Crippen molar-refractivity contribution in [3.8, 4) is 11.3 Å². The molecule has 0 saturated heterocycles. The predicted octanol–water partition coefficient (Wildman–Crippen LogP) is 6.19. The summed E-state index contributed by atoms with van der Waals surface area (Å²) < 4.78 is 6.39. The molecule has 0 spiro atoms. The van der Waals surface area contributed by atoms with E-state index < -0.39 is 0 Å². The second-order valence-corrected chi connectivity index (χ2v) is 8.62. The van der Waals surface area contributed by atoms with E-state index >= 15 is 0 Å². The van der Waals surface area contributed by atoms with Crippen LogP contribution in [-0.4, -0.2) is 11.2 Å². The first kappa shape index (κ1) is 22.6. The first-order chi connectivity index (χ1) is 15.7. The van der Waals surface area contributed by atoms with Gasteiger partial charge in [0, 0.05) is 34.2 Å². The Kier molecular flexibility index (Phi) is 5.95. The highest BCUT2D eigenvalue weighted by Gasteiger charge is 2.19.